The molecule has 12 aliphatic carbocycles. The van der Waals surface area contributed by atoms with Crippen molar-refractivity contribution in [1.29, 1.82) is 0 Å². The first-order valence-electron chi connectivity index (χ1n) is 35.4. The molecule has 13 heterocycles. The molecule has 0 spiro atoms. The lowest BCUT2D eigenvalue weighted by molar-refractivity contribution is -0.210. The quantitative estimate of drug-likeness (QED) is 0.0992. The number of carbonyl (C=O) groups excluding carboxylic acids is 3. The van der Waals surface area contributed by atoms with Gasteiger partial charge < -0.3 is 44.8 Å². The predicted octanol–water partition coefficient (Wildman–Crippen LogP) is 11.8. The normalized spacial score (nSPS) is 58.6. The molecule has 474 valence electrons. The van der Waals surface area contributed by atoms with Crippen molar-refractivity contribution in [3.63, 3.8) is 0 Å². The fourth-order valence-electron chi connectivity index (χ4n) is 27.0. The van der Waals surface area contributed by atoms with Crippen LogP contribution in [0.3, 0.4) is 0 Å². The van der Waals surface area contributed by atoms with Gasteiger partial charge in [-0.15, -0.1) is 0 Å². The smallest absolute Gasteiger partial charge is 0.306 e. The van der Waals surface area contributed by atoms with E-state index >= 15 is 0 Å². The number of hydrogen-bond donors (Lipinski definition) is 6. The van der Waals surface area contributed by atoms with Crippen molar-refractivity contribution in [1.82, 2.24) is 0 Å². The average molecular weight is 1170 g/mol. The molecule has 12 saturated carbocycles. The van der Waals surface area contributed by atoms with Gasteiger partial charge in [0.2, 0.25) is 0 Å². The Bertz CT molecular complexity index is 2210. The first kappa shape index (κ1) is 61.0. The second-order valence-electron chi connectivity index (χ2n) is 34.5. The van der Waals surface area contributed by atoms with Crippen LogP contribution in [-0.4, -0.2) is 103 Å². The van der Waals surface area contributed by atoms with Crippen LogP contribution >= 0.6 is 0 Å². The highest BCUT2D eigenvalue weighted by molar-refractivity contribution is 5.70. The minimum absolute atomic E-state index is 0.0682. The van der Waals surface area contributed by atoms with Crippen molar-refractivity contribution < 1.29 is 59.2 Å². The largest absolute Gasteiger partial charge is 0.462 e. The third-order valence-corrected chi connectivity index (χ3v) is 31.8. The molecule has 12 nitrogen and oxygen atoms in total. The molecule has 25 fully saturated rings. The third kappa shape index (κ3) is 9.32. The molecule has 0 aromatic heterocycles. The molecule has 13 saturated heterocycles. The summed E-state index contributed by atoms with van der Waals surface area (Å²) in [5.74, 6) is 2.87. The van der Waals surface area contributed by atoms with Crippen LogP contribution in [0.4, 0.5) is 0 Å². The fraction of sp³-hybridized carbons (Fsp3) is 0.958. The van der Waals surface area contributed by atoms with E-state index in [-0.39, 0.29) is 175 Å². The van der Waals surface area contributed by atoms with E-state index in [1.165, 1.54) is 0 Å². The lowest BCUT2D eigenvalue weighted by atomic mass is 9.43. The molecular weight excluding hydrogens is 1060 g/mol. The first-order valence-corrected chi connectivity index (χ1v) is 35.4. The fourth-order valence-corrected chi connectivity index (χ4v) is 27.0. The maximum Gasteiger partial charge on any atom is 0.306 e. The van der Waals surface area contributed by atoms with Crippen LogP contribution in [0.25, 0.3) is 0 Å². The highest BCUT2D eigenvalue weighted by Crippen LogP contribution is 2.72. The van der Waals surface area contributed by atoms with E-state index in [2.05, 4.69) is 62.3 Å². The van der Waals surface area contributed by atoms with Crippen molar-refractivity contribution in [2.24, 2.45) is 139 Å². The lowest BCUT2D eigenvalue weighted by Crippen LogP contribution is -2.62. The number of carbonyl (C=O) groups is 3. The highest BCUT2D eigenvalue weighted by atomic mass is 16.6. The van der Waals surface area contributed by atoms with Gasteiger partial charge in [-0.3, -0.25) is 14.4 Å². The van der Waals surface area contributed by atoms with Gasteiger partial charge in [-0.2, -0.15) is 0 Å². The predicted molar refractivity (Wildman–Crippen MR) is 319 cm³/mol. The molecule has 0 unspecified atom stereocenters. The van der Waals surface area contributed by atoms with Gasteiger partial charge in [0.1, 0.15) is 18.3 Å². The van der Waals surface area contributed by atoms with Crippen LogP contribution in [0.2, 0.25) is 0 Å². The number of aliphatic hydroxyl groups excluding tert-OH is 6. The van der Waals surface area contributed by atoms with Gasteiger partial charge in [-0.1, -0.05) is 62.3 Å². The summed E-state index contributed by atoms with van der Waals surface area (Å²) >= 11 is 0. The van der Waals surface area contributed by atoms with Crippen LogP contribution in [-0.2, 0) is 28.6 Å². The Morgan fingerprint density at radius 3 is 0.833 bits per heavy atom. The van der Waals surface area contributed by atoms with E-state index in [9.17, 15) is 45.0 Å². The molecule has 0 aromatic rings. The Balaban J connectivity index is 0.723. The molecule has 6 N–H and O–H groups in total. The molecule has 84 heavy (non-hydrogen) atoms. The standard InChI is InChI=1S/C72H114O12/c1-37-10-19-61(79)82-43-22-25-68(5)40(28-43)32-56(74)65-50-17-14-47(71(50,8)59(77)35-53(65)68)39(3)12-21-63(81)84-45-24-27-69(6)42(30-45)33-57(75)66-51-18-15-48(72(51,9)60(78)36-54(66)69)38(2)11-20-62(80)83-44-23-26-67(4)41(29-44)31-55(73)64-49-16-13-46(37)70(49,7)58(76)34-52(64)67/h37-60,64-66,73-78H,10-36H2,1-9H3/t37-,38-,39-,40+,41+,42+,43-,44-,45-,46-,47-,48-,49+,50+,51+,52+,53+,54+,55-,56-,57-,58+,59+,60+,64+,65+,66+,67+,68+,69+,70-,71-,72-/m1/s1. The monoisotopic (exact) mass is 1170 g/mol. The molecule has 12 heteroatoms. The van der Waals surface area contributed by atoms with Crippen LogP contribution in [0.5, 0.6) is 0 Å². The molecule has 33 atom stereocenters. The second kappa shape index (κ2) is 21.9. The summed E-state index contributed by atoms with van der Waals surface area (Å²) in [4.78, 5) is 41.7. The van der Waals surface area contributed by atoms with Gasteiger partial charge in [0, 0.05) is 19.3 Å². The van der Waals surface area contributed by atoms with Crippen molar-refractivity contribution in [2.75, 3.05) is 0 Å². The van der Waals surface area contributed by atoms with Crippen molar-refractivity contribution in [3.05, 3.63) is 0 Å². The Morgan fingerprint density at radius 1 is 0.321 bits per heavy atom. The second-order valence-corrected chi connectivity index (χ2v) is 34.5. The van der Waals surface area contributed by atoms with Crippen LogP contribution < -0.4 is 0 Å². The van der Waals surface area contributed by atoms with Crippen LogP contribution in [0.15, 0.2) is 0 Å². The zero-order chi connectivity index (χ0) is 59.5. The molecule has 0 aromatic carbocycles. The maximum atomic E-state index is 13.9. The van der Waals surface area contributed by atoms with Crippen molar-refractivity contribution in [2.45, 2.75) is 291 Å². The summed E-state index contributed by atoms with van der Waals surface area (Å²) < 4.78 is 19.1. The molecule has 0 amide bonds. The number of aliphatic hydroxyl groups is 6. The van der Waals surface area contributed by atoms with E-state index in [1.807, 2.05) is 0 Å². The highest BCUT2D eigenvalue weighted by Gasteiger charge is 2.70. The lowest BCUT2D eigenvalue weighted by Gasteiger charge is -2.63. The third-order valence-electron chi connectivity index (χ3n) is 31.8. The van der Waals surface area contributed by atoms with Gasteiger partial charge >= 0.3 is 17.9 Å². The van der Waals surface area contributed by atoms with Gasteiger partial charge in [0.15, 0.2) is 0 Å². The summed E-state index contributed by atoms with van der Waals surface area (Å²) in [7, 11) is 0. The van der Waals surface area contributed by atoms with Crippen LogP contribution in [0.1, 0.15) is 236 Å². The summed E-state index contributed by atoms with van der Waals surface area (Å²) in [6.45, 7) is 20.9. The molecular formula is C72H114O12. The summed E-state index contributed by atoms with van der Waals surface area (Å²) in [5.41, 5.74) is -1.28. The van der Waals surface area contributed by atoms with E-state index in [0.717, 1.165) is 96.3 Å². The van der Waals surface area contributed by atoms with Crippen molar-refractivity contribution in [3.8, 4) is 0 Å². The first-order chi connectivity index (χ1) is 39.7. The summed E-state index contributed by atoms with van der Waals surface area (Å²) in [6.07, 6.45) is 16.8. The SMILES string of the molecule is C[C@@H]1CCC(=O)O[C@@H]2CC[C@@]3(C)[C@@H](C2)C[C@@H](O)[C@@H]2[C@@H]3C[C@H](O)[C@]3(C)[C@H](CC[C@@H]23)[C@H](C)CCC(=O)O[C@@H]2CC[C@@]3(C)[C@@H](C2)C[C@@H](O)[C@@H]2[C@@H]3C[C@H](O)[C@]3(C)[C@H](CC[C@@H]23)[C@H](C)CCC(=O)O[C@@H]2CC[C@@]3(C)[C@@H](C2)C[C@@H](O)[C@@H]2[C@@H]3C[C@H](O)[C@]3(C)[C@@H]1CC[C@@H]23. The van der Waals surface area contributed by atoms with E-state index in [0.29, 0.717) is 77.0 Å². The number of fused-ring (bicyclic) bond motifs is 1. The number of esters is 3. The minimum Gasteiger partial charge on any atom is -0.462 e. The Morgan fingerprint density at radius 2 is 0.571 bits per heavy atom. The zero-order valence-corrected chi connectivity index (χ0v) is 53.3. The van der Waals surface area contributed by atoms with Crippen LogP contribution in [0, 0.1) is 139 Å². The molecule has 25 aliphatic rings. The van der Waals surface area contributed by atoms with Crippen molar-refractivity contribution >= 4 is 17.9 Å². The van der Waals surface area contributed by atoms with E-state index < -0.39 is 36.6 Å². The Kier molecular flexibility index (Phi) is 16.0. The summed E-state index contributed by atoms with van der Waals surface area (Å²) in [6, 6.07) is 0. The van der Waals surface area contributed by atoms with Gasteiger partial charge in [0.25, 0.3) is 0 Å². The number of rotatable bonds is 0. The molecule has 13 aliphatic heterocycles. The Labute approximate surface area is 504 Å². The van der Waals surface area contributed by atoms with E-state index in [1.54, 1.807) is 0 Å². The minimum atomic E-state index is -0.505. The molecule has 24 bridgehead atoms. The number of hydrogen-bond acceptors (Lipinski definition) is 12. The number of ether oxygens (including phenoxy) is 3. The van der Waals surface area contributed by atoms with Gasteiger partial charge in [-0.05, 0) is 293 Å². The molecule has 0 radical (unpaired) electrons. The topological polar surface area (TPSA) is 200 Å². The van der Waals surface area contributed by atoms with Gasteiger partial charge in [0.05, 0.1) is 36.6 Å². The zero-order valence-electron chi connectivity index (χ0n) is 53.3. The summed E-state index contributed by atoms with van der Waals surface area (Å²) in [5, 5.41) is 74.4. The average Bonchev–Trinajstić information content (AvgIpc) is 1.71. The maximum absolute atomic E-state index is 13.9. The van der Waals surface area contributed by atoms with E-state index in [4.69, 9.17) is 14.2 Å². The Hall–Kier alpha value is -1.83. The van der Waals surface area contributed by atoms with Gasteiger partial charge in [-0.25, -0.2) is 0 Å². The molecule has 25 rings (SSSR count).